The molecule has 0 N–H and O–H groups in total. The molecule has 7 heteroatoms. The minimum atomic E-state index is -4.41. The summed E-state index contributed by atoms with van der Waals surface area (Å²) in [6, 6.07) is 15.2. The summed E-state index contributed by atoms with van der Waals surface area (Å²) >= 11 is 0. The van der Waals surface area contributed by atoms with E-state index in [9.17, 15) is 13.2 Å². The van der Waals surface area contributed by atoms with Crippen molar-refractivity contribution in [3.8, 4) is 11.4 Å². The lowest BCUT2D eigenvalue weighted by Crippen LogP contribution is -2.23. The highest BCUT2D eigenvalue weighted by atomic mass is 19.4. The number of methoxy groups -OCH3 is 1. The molecule has 29 heavy (non-hydrogen) atoms. The molecule has 1 aliphatic heterocycles. The van der Waals surface area contributed by atoms with Crippen LogP contribution in [0.2, 0.25) is 0 Å². The number of benzene rings is 2. The molecule has 0 bridgehead atoms. The first-order valence-corrected chi connectivity index (χ1v) is 9.29. The van der Waals surface area contributed by atoms with Gasteiger partial charge in [0.2, 0.25) is 0 Å². The number of hydrogen-bond acceptors (Lipinski definition) is 3. The molecule has 1 aromatic heterocycles. The van der Waals surface area contributed by atoms with Crippen molar-refractivity contribution in [2.75, 3.05) is 20.3 Å². The molecule has 4 rings (SSSR count). The zero-order chi connectivity index (χ0) is 20.4. The van der Waals surface area contributed by atoms with Crippen LogP contribution in [0.3, 0.4) is 0 Å². The van der Waals surface area contributed by atoms with Crippen LogP contribution in [0.4, 0.5) is 13.2 Å². The van der Waals surface area contributed by atoms with Gasteiger partial charge in [-0.05, 0) is 35.9 Å². The zero-order valence-electron chi connectivity index (χ0n) is 15.9. The Morgan fingerprint density at radius 1 is 1.07 bits per heavy atom. The van der Waals surface area contributed by atoms with Crippen molar-refractivity contribution >= 4 is 0 Å². The third-order valence-electron chi connectivity index (χ3n) is 5.02. The Labute approximate surface area is 167 Å². The molecule has 0 amide bonds. The first-order chi connectivity index (χ1) is 14.0. The SMILES string of the molecule is COc1ccc(CN2CCO[C@@H]2c2ccn(-c3ccccc3C(F)(F)F)c2)cc1. The summed E-state index contributed by atoms with van der Waals surface area (Å²) in [6.07, 6.45) is -1.35. The number of alkyl halides is 3. The fourth-order valence-electron chi connectivity index (χ4n) is 3.59. The van der Waals surface area contributed by atoms with Gasteiger partial charge < -0.3 is 14.0 Å². The van der Waals surface area contributed by atoms with Crippen molar-refractivity contribution in [3.05, 3.63) is 83.7 Å². The summed E-state index contributed by atoms with van der Waals surface area (Å²) in [5, 5.41) is 0. The number of para-hydroxylation sites is 1. The smallest absolute Gasteiger partial charge is 0.418 e. The monoisotopic (exact) mass is 402 g/mol. The van der Waals surface area contributed by atoms with Gasteiger partial charge >= 0.3 is 6.18 Å². The predicted octanol–water partition coefficient (Wildman–Crippen LogP) is 5.04. The maximum absolute atomic E-state index is 13.3. The molecule has 0 unspecified atom stereocenters. The second-order valence-corrected chi connectivity index (χ2v) is 6.91. The second kappa shape index (κ2) is 7.93. The van der Waals surface area contributed by atoms with Gasteiger partial charge in [-0.1, -0.05) is 24.3 Å². The van der Waals surface area contributed by atoms with E-state index in [1.54, 1.807) is 25.6 Å². The molecule has 0 spiro atoms. The second-order valence-electron chi connectivity index (χ2n) is 6.91. The van der Waals surface area contributed by atoms with Gasteiger partial charge in [0.15, 0.2) is 0 Å². The van der Waals surface area contributed by atoms with Crippen LogP contribution in [-0.2, 0) is 17.5 Å². The molecular weight excluding hydrogens is 381 g/mol. The standard InChI is InChI=1S/C22H21F3N2O2/c1-28-18-8-6-16(7-9-18)14-27-12-13-29-21(27)17-10-11-26(15-17)20-5-3-2-4-19(20)22(23,24)25/h2-11,15,21H,12-14H2,1H3/t21-/m1/s1. The highest BCUT2D eigenvalue weighted by Gasteiger charge is 2.34. The van der Waals surface area contributed by atoms with E-state index in [1.165, 1.54) is 16.7 Å². The Hall–Kier alpha value is -2.77. The Kier molecular flexibility index (Phi) is 5.34. The molecule has 1 saturated heterocycles. The van der Waals surface area contributed by atoms with Crippen molar-refractivity contribution in [2.24, 2.45) is 0 Å². The largest absolute Gasteiger partial charge is 0.497 e. The number of halogens is 3. The Morgan fingerprint density at radius 2 is 1.83 bits per heavy atom. The van der Waals surface area contributed by atoms with Crippen molar-refractivity contribution in [1.82, 2.24) is 9.47 Å². The first kappa shape index (κ1) is 19.5. The van der Waals surface area contributed by atoms with E-state index in [2.05, 4.69) is 4.90 Å². The van der Waals surface area contributed by atoms with Crippen molar-refractivity contribution in [1.29, 1.82) is 0 Å². The van der Waals surface area contributed by atoms with Crippen LogP contribution >= 0.6 is 0 Å². The van der Waals surface area contributed by atoms with Gasteiger partial charge in [0.1, 0.15) is 12.0 Å². The predicted molar refractivity (Wildman–Crippen MR) is 103 cm³/mol. The number of nitrogens with zero attached hydrogens (tertiary/aromatic N) is 2. The van der Waals surface area contributed by atoms with E-state index in [1.807, 2.05) is 30.3 Å². The highest BCUT2D eigenvalue weighted by molar-refractivity contribution is 5.44. The normalized spacial score (nSPS) is 17.6. The third-order valence-corrected chi connectivity index (χ3v) is 5.02. The van der Waals surface area contributed by atoms with Crippen LogP contribution in [0.5, 0.6) is 5.75 Å². The maximum atomic E-state index is 13.3. The van der Waals surface area contributed by atoms with Crippen LogP contribution in [0.25, 0.3) is 5.69 Å². The van der Waals surface area contributed by atoms with E-state index < -0.39 is 11.7 Å². The molecule has 3 aromatic rings. The van der Waals surface area contributed by atoms with E-state index in [-0.39, 0.29) is 11.9 Å². The number of aromatic nitrogens is 1. The van der Waals surface area contributed by atoms with Gasteiger partial charge in [0.05, 0.1) is 25.0 Å². The van der Waals surface area contributed by atoms with Crippen LogP contribution in [0.15, 0.2) is 67.0 Å². The molecule has 0 radical (unpaired) electrons. The van der Waals surface area contributed by atoms with Gasteiger partial charge in [-0.25, -0.2) is 0 Å². The molecule has 1 fully saturated rings. The number of hydrogen-bond donors (Lipinski definition) is 0. The summed E-state index contributed by atoms with van der Waals surface area (Å²) < 4.78 is 52.6. The quantitative estimate of drug-likeness (QED) is 0.599. The first-order valence-electron chi connectivity index (χ1n) is 9.29. The van der Waals surface area contributed by atoms with Gasteiger partial charge in [0.25, 0.3) is 0 Å². The van der Waals surface area contributed by atoms with Gasteiger partial charge in [-0.2, -0.15) is 13.2 Å². The molecule has 1 aliphatic rings. The molecule has 0 saturated carbocycles. The summed E-state index contributed by atoms with van der Waals surface area (Å²) in [7, 11) is 1.63. The van der Waals surface area contributed by atoms with E-state index in [0.717, 1.165) is 29.5 Å². The minimum absolute atomic E-state index is 0.103. The summed E-state index contributed by atoms with van der Waals surface area (Å²) in [5.74, 6) is 0.795. The summed E-state index contributed by atoms with van der Waals surface area (Å²) in [4.78, 5) is 2.16. The lowest BCUT2D eigenvalue weighted by Gasteiger charge is -2.22. The number of ether oxygens (including phenoxy) is 2. The van der Waals surface area contributed by atoms with Crippen LogP contribution in [0.1, 0.15) is 22.9 Å². The molecule has 152 valence electrons. The van der Waals surface area contributed by atoms with Crippen LogP contribution in [0, 0.1) is 0 Å². The third kappa shape index (κ3) is 4.16. The van der Waals surface area contributed by atoms with Crippen molar-refractivity contribution < 1.29 is 22.6 Å². The molecule has 2 heterocycles. The van der Waals surface area contributed by atoms with Crippen molar-refractivity contribution in [3.63, 3.8) is 0 Å². The molecule has 1 atom stereocenters. The van der Waals surface area contributed by atoms with Crippen LogP contribution in [-0.4, -0.2) is 29.7 Å². The Bertz CT molecular complexity index is 967. The average molecular weight is 402 g/mol. The van der Waals surface area contributed by atoms with Gasteiger partial charge in [-0.15, -0.1) is 0 Å². The van der Waals surface area contributed by atoms with E-state index >= 15 is 0 Å². The van der Waals surface area contributed by atoms with Gasteiger partial charge in [-0.3, -0.25) is 4.90 Å². The molecule has 0 aliphatic carbocycles. The average Bonchev–Trinajstić information content (AvgIpc) is 3.37. The highest BCUT2D eigenvalue weighted by Crippen LogP contribution is 2.35. The lowest BCUT2D eigenvalue weighted by atomic mass is 10.1. The lowest BCUT2D eigenvalue weighted by molar-refractivity contribution is -0.137. The summed E-state index contributed by atoms with van der Waals surface area (Å²) in [5.41, 5.74) is 1.38. The summed E-state index contributed by atoms with van der Waals surface area (Å²) in [6.45, 7) is 2.01. The number of rotatable bonds is 5. The van der Waals surface area contributed by atoms with E-state index in [0.29, 0.717) is 13.2 Å². The topological polar surface area (TPSA) is 26.6 Å². The molecular formula is C22H21F3N2O2. The maximum Gasteiger partial charge on any atom is 0.418 e. The Balaban J connectivity index is 1.56. The zero-order valence-corrected chi connectivity index (χ0v) is 15.9. The minimum Gasteiger partial charge on any atom is -0.497 e. The van der Waals surface area contributed by atoms with E-state index in [4.69, 9.17) is 9.47 Å². The fourth-order valence-corrected chi connectivity index (χ4v) is 3.59. The molecule has 2 aromatic carbocycles. The fraction of sp³-hybridized carbons (Fsp3) is 0.273. The van der Waals surface area contributed by atoms with Crippen LogP contribution < -0.4 is 4.74 Å². The van der Waals surface area contributed by atoms with Crippen molar-refractivity contribution in [2.45, 2.75) is 18.9 Å². The Morgan fingerprint density at radius 3 is 2.55 bits per heavy atom. The van der Waals surface area contributed by atoms with Gasteiger partial charge in [0, 0.05) is 31.0 Å². The molecule has 4 nitrogen and oxygen atoms in total.